The molecule has 3 unspecified atom stereocenters. The van der Waals surface area contributed by atoms with Crippen LogP contribution >= 0.6 is 12.6 Å². The molecule has 0 aliphatic heterocycles. The molecule has 0 fully saturated rings. The van der Waals surface area contributed by atoms with Gasteiger partial charge in [-0.15, -0.1) is 0 Å². The summed E-state index contributed by atoms with van der Waals surface area (Å²) in [5.41, 5.74) is 1.45. The zero-order valence-electron chi connectivity index (χ0n) is 41.1. The van der Waals surface area contributed by atoms with E-state index in [4.69, 9.17) is 10.2 Å². The highest BCUT2D eigenvalue weighted by atomic mass is 32.1. The first-order chi connectivity index (χ1) is 35.0. The topological polar surface area (TPSA) is 345 Å². The van der Waals surface area contributed by atoms with Gasteiger partial charge in [0.05, 0.1) is 24.9 Å². The number of amides is 8. The normalized spacial score (nSPS) is 12.3. The number of carbonyl (C=O) groups is 11. The Kier molecular flexibility index (Phi) is 31.3. The van der Waals surface area contributed by atoms with Crippen LogP contribution in [0.25, 0.3) is 0 Å². The zero-order chi connectivity index (χ0) is 53.8. The van der Waals surface area contributed by atoms with Gasteiger partial charge in [0.2, 0.25) is 35.4 Å². The number of rotatable bonds is 39. The Bertz CT molecular complexity index is 2100. The summed E-state index contributed by atoms with van der Waals surface area (Å²) in [5.74, 6) is -8.06. The molecule has 22 nitrogen and oxygen atoms in total. The number of carboxylic acids is 3. The van der Waals surface area contributed by atoms with E-state index in [9.17, 15) is 57.8 Å². The molecule has 2 aromatic carbocycles. The van der Waals surface area contributed by atoms with Crippen molar-refractivity contribution in [3.05, 3.63) is 71.8 Å². The predicted octanol–water partition coefficient (Wildman–Crippen LogP) is 1.79. The van der Waals surface area contributed by atoms with Gasteiger partial charge >= 0.3 is 23.9 Å². The molecule has 11 N–H and O–H groups in total. The van der Waals surface area contributed by atoms with Gasteiger partial charge < -0.3 is 57.9 Å². The summed E-state index contributed by atoms with van der Waals surface area (Å²) in [6, 6.07) is 13.4. The number of ketones is 1. The van der Waals surface area contributed by atoms with Gasteiger partial charge in [0.1, 0.15) is 12.1 Å². The number of nitrogens with one attached hydrogen (secondary N) is 8. The zero-order valence-corrected chi connectivity index (χ0v) is 42.0. The molecule has 4 atom stereocenters. The van der Waals surface area contributed by atoms with Crippen molar-refractivity contribution in [1.29, 1.82) is 0 Å². The molecule has 0 saturated carbocycles. The summed E-state index contributed by atoms with van der Waals surface area (Å²) in [6.45, 7) is 0.175. The van der Waals surface area contributed by atoms with Crippen LogP contribution in [0.1, 0.15) is 107 Å². The lowest BCUT2D eigenvalue weighted by Crippen LogP contribution is -2.49. The largest absolute Gasteiger partial charge is 0.481 e. The maximum absolute atomic E-state index is 14.0. The lowest BCUT2D eigenvalue weighted by molar-refractivity contribution is -0.143. The van der Waals surface area contributed by atoms with Crippen molar-refractivity contribution in [3.63, 3.8) is 0 Å². The van der Waals surface area contributed by atoms with Crippen LogP contribution < -0.4 is 42.5 Å². The van der Waals surface area contributed by atoms with E-state index < -0.39 is 90.4 Å². The highest BCUT2D eigenvalue weighted by molar-refractivity contribution is 7.81. The molecule has 0 aromatic heterocycles. The molecule has 0 radical (unpaired) electrons. The van der Waals surface area contributed by atoms with Crippen molar-refractivity contribution < 1.29 is 68.1 Å². The number of hydrogen-bond acceptors (Lipinski definition) is 12. The number of aliphatic carboxylic acids is 3. The number of carboxylic acid groups (broad SMARTS) is 3. The molecular formula is C50H72N8O14S. The second-order valence-corrected chi connectivity index (χ2v) is 17.7. The SMILES string of the molecule is O=C(O)CC[C@H](NC(=O)NCCCCCNC(=O)CCCCCCC(=O)NCCCCC(NC(=O)C(CC(=O)C(Cc1ccccc1)NC(=O)CNC(=O)CNC(=O)CS)Cc1ccccc1)C(=O)O)C(=O)O. The smallest absolute Gasteiger partial charge is 0.326 e. The third-order valence-electron chi connectivity index (χ3n) is 11.3. The van der Waals surface area contributed by atoms with Crippen molar-refractivity contribution in [2.75, 3.05) is 38.5 Å². The number of Topliss-reactive ketones (excluding diaryl/α,β-unsaturated/α-hetero) is 1. The Hall–Kier alpha value is -7.04. The van der Waals surface area contributed by atoms with Gasteiger partial charge in [0.15, 0.2) is 5.78 Å². The molecule has 0 aliphatic carbocycles. The maximum Gasteiger partial charge on any atom is 0.326 e. The Balaban J connectivity index is 1.74. The number of thiol groups is 1. The Labute approximate surface area is 430 Å². The minimum absolute atomic E-state index is 0.0582. The van der Waals surface area contributed by atoms with Crippen LogP contribution in [-0.4, -0.2) is 137 Å². The first-order valence-corrected chi connectivity index (χ1v) is 25.2. The fourth-order valence-electron chi connectivity index (χ4n) is 7.30. The summed E-state index contributed by atoms with van der Waals surface area (Å²) in [4.78, 5) is 135. The third-order valence-corrected chi connectivity index (χ3v) is 11.6. The van der Waals surface area contributed by atoms with Crippen molar-refractivity contribution in [3.8, 4) is 0 Å². The molecule has 8 amide bonds. The van der Waals surface area contributed by atoms with Crippen LogP contribution in [-0.2, 0) is 60.8 Å². The lowest BCUT2D eigenvalue weighted by atomic mass is 9.89. The van der Waals surface area contributed by atoms with Crippen LogP contribution in [0.4, 0.5) is 4.79 Å². The first-order valence-electron chi connectivity index (χ1n) is 24.6. The quantitative estimate of drug-likeness (QED) is 0.0336. The second kappa shape index (κ2) is 36.8. The average Bonchev–Trinajstić information content (AvgIpc) is 3.36. The number of hydrogen-bond donors (Lipinski definition) is 12. The van der Waals surface area contributed by atoms with Gasteiger partial charge in [-0.1, -0.05) is 73.5 Å². The van der Waals surface area contributed by atoms with E-state index in [0.717, 1.165) is 24.0 Å². The highest BCUT2D eigenvalue weighted by Crippen LogP contribution is 2.18. The average molecular weight is 1040 g/mol. The molecule has 0 bridgehead atoms. The van der Waals surface area contributed by atoms with E-state index in [0.29, 0.717) is 64.5 Å². The van der Waals surface area contributed by atoms with E-state index in [1.807, 2.05) is 0 Å². The minimum atomic E-state index is -1.32. The van der Waals surface area contributed by atoms with Crippen molar-refractivity contribution in [2.24, 2.45) is 5.92 Å². The number of unbranched alkanes of at least 4 members (excludes halogenated alkanes) is 6. The molecule has 402 valence electrons. The van der Waals surface area contributed by atoms with E-state index in [1.165, 1.54) is 0 Å². The molecule has 0 spiro atoms. The molecule has 2 rings (SSSR count). The Morgan fingerprint density at radius 2 is 0.945 bits per heavy atom. The van der Waals surface area contributed by atoms with Crippen LogP contribution in [0.3, 0.4) is 0 Å². The van der Waals surface area contributed by atoms with Crippen molar-refractivity contribution >= 4 is 77.8 Å². The van der Waals surface area contributed by atoms with Crippen LogP contribution in [0.2, 0.25) is 0 Å². The van der Waals surface area contributed by atoms with Crippen LogP contribution in [0.15, 0.2) is 60.7 Å². The summed E-state index contributed by atoms with van der Waals surface area (Å²) in [5, 5.41) is 48.3. The van der Waals surface area contributed by atoms with E-state index in [-0.39, 0.29) is 69.2 Å². The molecule has 0 saturated heterocycles. The van der Waals surface area contributed by atoms with Crippen LogP contribution in [0, 0.1) is 5.92 Å². The maximum atomic E-state index is 14.0. The molecule has 0 heterocycles. The molecule has 2 aromatic rings. The molecule has 0 aliphatic rings. The Morgan fingerprint density at radius 1 is 0.452 bits per heavy atom. The monoisotopic (exact) mass is 1040 g/mol. The van der Waals surface area contributed by atoms with E-state index in [1.54, 1.807) is 60.7 Å². The first kappa shape index (κ1) is 62.1. The van der Waals surface area contributed by atoms with Gasteiger partial charge in [-0.25, -0.2) is 14.4 Å². The fourth-order valence-corrected chi connectivity index (χ4v) is 7.41. The van der Waals surface area contributed by atoms with Crippen LogP contribution in [0.5, 0.6) is 0 Å². The number of urea groups is 1. The number of benzene rings is 2. The fraction of sp³-hybridized carbons (Fsp3) is 0.540. The molecule has 23 heteroatoms. The van der Waals surface area contributed by atoms with Gasteiger partial charge in [-0.3, -0.25) is 38.4 Å². The van der Waals surface area contributed by atoms with E-state index in [2.05, 4.69) is 55.2 Å². The predicted molar refractivity (Wildman–Crippen MR) is 271 cm³/mol. The van der Waals surface area contributed by atoms with Crippen molar-refractivity contribution in [1.82, 2.24) is 42.5 Å². The second-order valence-electron chi connectivity index (χ2n) is 17.4. The minimum Gasteiger partial charge on any atom is -0.481 e. The van der Waals surface area contributed by atoms with Gasteiger partial charge in [0, 0.05) is 51.2 Å². The summed E-state index contributed by atoms with van der Waals surface area (Å²) >= 11 is 3.83. The summed E-state index contributed by atoms with van der Waals surface area (Å²) < 4.78 is 0. The lowest BCUT2D eigenvalue weighted by Gasteiger charge is -2.23. The van der Waals surface area contributed by atoms with Gasteiger partial charge in [-0.05, 0) is 81.8 Å². The van der Waals surface area contributed by atoms with Crippen molar-refractivity contribution in [2.45, 2.75) is 127 Å². The third kappa shape index (κ3) is 29.8. The Morgan fingerprint density at radius 3 is 1.49 bits per heavy atom. The standard InChI is InChI=1S/C50H72N8O14S/c59-40(39(29-35-18-8-4-9-19-35)56-44(63)32-54-43(62)31-55-45(64)33-73)30-36(28-34-16-6-3-7-17-34)47(67)57-37(48(68)69)20-12-15-26-52-42(61)22-11-2-1-10-21-41(60)51-25-13-5-14-27-53-50(72)58-38(49(70)71)23-24-46(65)66/h3-4,6-9,16-19,36-39,73H,1-2,5,10-15,20-33H2,(H,51,60)(H,52,61)(H,54,62)(H,55,64)(H,56,63)(H,57,67)(H,65,66)(H,68,69)(H,70,71)(H2,53,58,72)/t36?,37?,38-,39?/m0/s1. The summed E-state index contributed by atoms with van der Waals surface area (Å²) in [6.07, 6.45) is 5.43. The number of carbonyl (C=O) groups excluding carboxylic acids is 8. The molecular weight excluding hydrogens is 969 g/mol. The highest BCUT2D eigenvalue weighted by Gasteiger charge is 2.31. The molecule has 73 heavy (non-hydrogen) atoms. The van der Waals surface area contributed by atoms with Gasteiger partial charge in [-0.2, -0.15) is 12.6 Å². The van der Waals surface area contributed by atoms with Gasteiger partial charge in [0.25, 0.3) is 0 Å². The van der Waals surface area contributed by atoms with E-state index >= 15 is 0 Å². The summed E-state index contributed by atoms with van der Waals surface area (Å²) in [7, 11) is 0.